The fourth-order valence-corrected chi connectivity index (χ4v) is 4.76. The van der Waals surface area contributed by atoms with Gasteiger partial charge in [-0.25, -0.2) is 13.2 Å². The summed E-state index contributed by atoms with van der Waals surface area (Å²) in [5, 5.41) is 2.59. The number of sulfonamides is 1. The smallest absolute Gasteiger partial charge is 0.324 e. The van der Waals surface area contributed by atoms with Crippen molar-refractivity contribution in [3.8, 4) is 0 Å². The first-order valence-electron chi connectivity index (χ1n) is 9.33. The molecule has 0 radical (unpaired) electrons. The van der Waals surface area contributed by atoms with Gasteiger partial charge in [-0.3, -0.25) is 9.69 Å². The van der Waals surface area contributed by atoms with Crippen molar-refractivity contribution in [1.82, 2.24) is 14.9 Å². The van der Waals surface area contributed by atoms with Gasteiger partial charge in [0.1, 0.15) is 0 Å². The molecule has 3 rings (SSSR count). The van der Waals surface area contributed by atoms with E-state index in [1.807, 2.05) is 4.90 Å². The van der Waals surface area contributed by atoms with Gasteiger partial charge in [-0.2, -0.15) is 4.72 Å². The number of hydrogen-bond donors (Lipinski definition) is 2. The van der Waals surface area contributed by atoms with Crippen LogP contribution < -0.4 is 14.9 Å². The van der Waals surface area contributed by atoms with Crippen molar-refractivity contribution in [3.05, 3.63) is 23.8 Å². The first-order chi connectivity index (χ1) is 12.8. The van der Waals surface area contributed by atoms with Crippen molar-refractivity contribution in [2.24, 2.45) is 0 Å². The lowest BCUT2D eigenvalue weighted by Crippen LogP contribution is -2.44. The molecule has 1 fully saturated rings. The Morgan fingerprint density at radius 1 is 1.19 bits per heavy atom. The Bertz CT molecular complexity index is 834. The van der Waals surface area contributed by atoms with Gasteiger partial charge in [0, 0.05) is 31.9 Å². The van der Waals surface area contributed by atoms with E-state index in [9.17, 15) is 18.0 Å². The lowest BCUT2D eigenvalue weighted by atomic mass is 10.2. The van der Waals surface area contributed by atoms with E-state index in [0.29, 0.717) is 19.5 Å². The van der Waals surface area contributed by atoms with E-state index in [1.165, 1.54) is 13.0 Å². The summed E-state index contributed by atoms with van der Waals surface area (Å²) in [7, 11) is -3.82. The second-order valence-corrected chi connectivity index (χ2v) is 8.62. The summed E-state index contributed by atoms with van der Waals surface area (Å²) < 4.78 is 27.6. The van der Waals surface area contributed by atoms with Crippen LogP contribution in [-0.4, -0.2) is 57.5 Å². The number of likely N-dealkylation sites (N-methyl/N-ethyl adjacent to an activating group) is 1. The number of amides is 3. The van der Waals surface area contributed by atoms with Crippen LogP contribution in [0, 0.1) is 0 Å². The third-order valence-electron chi connectivity index (χ3n) is 4.94. The Hall–Kier alpha value is -2.13. The van der Waals surface area contributed by atoms with Gasteiger partial charge in [0.05, 0.1) is 10.9 Å². The molecule has 0 aromatic heterocycles. The predicted octanol–water partition coefficient (Wildman–Crippen LogP) is 1.07. The summed E-state index contributed by atoms with van der Waals surface area (Å²) in [5.74, 6) is -0.371. The van der Waals surface area contributed by atoms with E-state index in [4.69, 9.17) is 0 Å². The number of fused-ring (bicyclic) bond motifs is 1. The van der Waals surface area contributed by atoms with Gasteiger partial charge in [-0.15, -0.1) is 0 Å². The van der Waals surface area contributed by atoms with Gasteiger partial charge < -0.3 is 10.2 Å². The number of rotatable bonds is 5. The highest BCUT2D eigenvalue weighted by Gasteiger charge is 2.31. The molecule has 148 valence electrons. The third kappa shape index (κ3) is 4.08. The minimum Gasteiger partial charge on any atom is -0.355 e. The number of likely N-dealkylation sites (tertiary alicyclic amines) is 1. The molecule has 0 bridgehead atoms. The van der Waals surface area contributed by atoms with Crippen LogP contribution in [0.3, 0.4) is 0 Å². The average Bonchev–Trinajstić information content (AvgIpc) is 3.30. The second-order valence-electron chi connectivity index (χ2n) is 6.91. The number of hydrogen-bond acceptors (Lipinski definition) is 4. The highest BCUT2D eigenvalue weighted by Crippen LogP contribution is 2.31. The molecule has 27 heavy (non-hydrogen) atoms. The van der Waals surface area contributed by atoms with E-state index in [-0.39, 0.29) is 16.8 Å². The molecule has 3 amide bonds. The Balaban J connectivity index is 1.76. The largest absolute Gasteiger partial charge is 0.355 e. The van der Waals surface area contributed by atoms with Crippen LogP contribution in [0.4, 0.5) is 10.5 Å². The zero-order valence-electron chi connectivity index (χ0n) is 15.7. The summed E-state index contributed by atoms with van der Waals surface area (Å²) >= 11 is 0. The van der Waals surface area contributed by atoms with Crippen molar-refractivity contribution >= 4 is 27.6 Å². The lowest BCUT2D eigenvalue weighted by molar-refractivity contribution is -0.122. The third-order valence-corrected chi connectivity index (χ3v) is 6.48. The van der Waals surface area contributed by atoms with E-state index < -0.39 is 16.1 Å². The zero-order valence-corrected chi connectivity index (χ0v) is 16.5. The van der Waals surface area contributed by atoms with E-state index in [0.717, 1.165) is 37.2 Å². The van der Waals surface area contributed by atoms with Gasteiger partial charge >= 0.3 is 6.03 Å². The highest BCUT2D eigenvalue weighted by molar-refractivity contribution is 7.89. The Morgan fingerprint density at radius 2 is 1.89 bits per heavy atom. The average molecular weight is 394 g/mol. The van der Waals surface area contributed by atoms with Crippen LogP contribution in [-0.2, 0) is 21.2 Å². The number of urea groups is 1. The summed E-state index contributed by atoms with van der Waals surface area (Å²) in [6.45, 7) is 5.82. The highest BCUT2D eigenvalue weighted by atomic mass is 32.2. The summed E-state index contributed by atoms with van der Waals surface area (Å²) in [6, 6.07) is 3.89. The molecule has 1 saturated heterocycles. The van der Waals surface area contributed by atoms with Crippen molar-refractivity contribution in [3.63, 3.8) is 0 Å². The van der Waals surface area contributed by atoms with Gasteiger partial charge in [-0.05, 0) is 56.9 Å². The van der Waals surface area contributed by atoms with Crippen molar-refractivity contribution in [2.75, 3.05) is 31.1 Å². The quantitative estimate of drug-likeness (QED) is 0.780. The van der Waals surface area contributed by atoms with Gasteiger partial charge in [0.2, 0.25) is 15.9 Å². The molecule has 2 heterocycles. The van der Waals surface area contributed by atoms with Crippen LogP contribution in [0.15, 0.2) is 23.1 Å². The van der Waals surface area contributed by atoms with Crippen molar-refractivity contribution in [2.45, 2.75) is 44.0 Å². The normalized spacial score (nSPS) is 17.7. The fraction of sp³-hybridized carbons (Fsp3) is 0.556. The van der Waals surface area contributed by atoms with E-state index in [1.54, 1.807) is 24.0 Å². The number of carbonyl (C=O) groups is 2. The summed E-state index contributed by atoms with van der Waals surface area (Å²) in [5.41, 5.74) is 1.60. The van der Waals surface area contributed by atoms with Gasteiger partial charge in [-0.1, -0.05) is 0 Å². The van der Waals surface area contributed by atoms with Crippen LogP contribution in [0.5, 0.6) is 0 Å². The van der Waals surface area contributed by atoms with Crippen molar-refractivity contribution < 1.29 is 18.0 Å². The molecule has 2 N–H and O–H groups in total. The summed E-state index contributed by atoms with van der Waals surface area (Å²) in [4.78, 5) is 28.1. The fourth-order valence-electron chi connectivity index (χ4n) is 3.50. The summed E-state index contributed by atoms with van der Waals surface area (Å²) in [6.07, 6.45) is 2.67. The number of benzene rings is 1. The molecule has 1 atom stereocenters. The lowest BCUT2D eigenvalue weighted by Gasteiger charge is -2.24. The molecule has 0 spiro atoms. The molecule has 1 aromatic rings. The minimum absolute atomic E-state index is 0.00941. The van der Waals surface area contributed by atoms with Crippen LogP contribution >= 0.6 is 0 Å². The van der Waals surface area contributed by atoms with Gasteiger partial charge in [0.25, 0.3) is 0 Å². The maximum Gasteiger partial charge on any atom is 0.324 e. The van der Waals surface area contributed by atoms with E-state index in [2.05, 4.69) is 10.0 Å². The molecule has 8 nitrogen and oxygen atoms in total. The van der Waals surface area contributed by atoms with Crippen molar-refractivity contribution in [1.29, 1.82) is 0 Å². The van der Waals surface area contributed by atoms with Gasteiger partial charge in [0.15, 0.2) is 0 Å². The monoisotopic (exact) mass is 394 g/mol. The molecular formula is C18H26N4O4S. The topological polar surface area (TPSA) is 98.8 Å². The maximum absolute atomic E-state index is 12.7. The zero-order chi connectivity index (χ0) is 19.6. The maximum atomic E-state index is 12.7. The second kappa shape index (κ2) is 7.85. The first kappa shape index (κ1) is 19.6. The molecule has 0 unspecified atom stereocenters. The standard InChI is InChI=1S/C18H26N4O4S/c1-3-19-17(23)13(2)20-27(25,26)15-6-7-16-14(12-15)8-11-22(16)18(24)21-9-4-5-10-21/h6-7,12-13,20H,3-5,8-11H2,1-2H3,(H,19,23)/t13-/m0/s1. The SMILES string of the molecule is CCNC(=O)[C@H](C)NS(=O)(=O)c1ccc2c(c1)CCN2C(=O)N1CCCC1. The minimum atomic E-state index is -3.82. The molecule has 0 aliphatic carbocycles. The Morgan fingerprint density at radius 3 is 2.56 bits per heavy atom. The van der Waals surface area contributed by atoms with E-state index >= 15 is 0 Å². The predicted molar refractivity (Wildman–Crippen MR) is 102 cm³/mol. The number of nitrogens with one attached hydrogen (secondary N) is 2. The molecule has 2 aliphatic rings. The molecule has 1 aromatic carbocycles. The Labute approximate surface area is 160 Å². The Kier molecular flexibility index (Phi) is 5.71. The molecule has 0 saturated carbocycles. The number of anilines is 1. The molecular weight excluding hydrogens is 368 g/mol. The van der Waals surface area contributed by atoms with Crippen LogP contribution in [0.2, 0.25) is 0 Å². The van der Waals surface area contributed by atoms with Crippen LogP contribution in [0.1, 0.15) is 32.3 Å². The molecule has 9 heteroatoms. The molecule has 2 aliphatic heterocycles. The number of carbonyl (C=O) groups excluding carboxylic acids is 2. The first-order valence-corrected chi connectivity index (χ1v) is 10.8. The van der Waals surface area contributed by atoms with Crippen LogP contribution in [0.25, 0.3) is 0 Å². The number of nitrogens with zero attached hydrogens (tertiary/aromatic N) is 2.